The number of hydrogen-bond acceptors (Lipinski definition) is 5. The molecule has 0 atom stereocenters. The molecule has 0 radical (unpaired) electrons. The second-order valence-corrected chi connectivity index (χ2v) is 6.77. The van der Waals surface area contributed by atoms with E-state index in [-0.39, 0.29) is 5.97 Å². The SMILES string of the molecule is COc1cc2c(cc1OC)-c1cc(C)c(C(=O)OCCN(C)C)n1CC2. The summed E-state index contributed by atoms with van der Waals surface area (Å²) >= 11 is 0. The summed E-state index contributed by atoms with van der Waals surface area (Å²) < 4.78 is 18.4. The highest BCUT2D eigenvalue weighted by Gasteiger charge is 2.26. The van der Waals surface area contributed by atoms with Crippen molar-refractivity contribution >= 4 is 5.97 Å². The first-order valence-electron chi connectivity index (χ1n) is 8.73. The number of aryl methyl sites for hydroxylation is 2. The molecule has 1 aromatic heterocycles. The van der Waals surface area contributed by atoms with Gasteiger partial charge in [-0.1, -0.05) is 0 Å². The minimum absolute atomic E-state index is 0.264. The number of ether oxygens (including phenoxy) is 3. The fourth-order valence-corrected chi connectivity index (χ4v) is 3.40. The zero-order chi connectivity index (χ0) is 18.8. The summed E-state index contributed by atoms with van der Waals surface area (Å²) in [7, 11) is 7.18. The second-order valence-electron chi connectivity index (χ2n) is 6.77. The zero-order valence-electron chi connectivity index (χ0n) is 16.1. The number of benzene rings is 1. The van der Waals surface area contributed by atoms with E-state index in [1.807, 2.05) is 44.1 Å². The molecule has 26 heavy (non-hydrogen) atoms. The first kappa shape index (κ1) is 18.3. The van der Waals surface area contributed by atoms with Gasteiger partial charge >= 0.3 is 5.97 Å². The first-order chi connectivity index (χ1) is 12.5. The Labute approximate surface area is 154 Å². The molecule has 2 aromatic rings. The second kappa shape index (κ2) is 7.41. The van der Waals surface area contributed by atoms with Gasteiger partial charge in [0.1, 0.15) is 12.3 Å². The molecule has 1 aliphatic rings. The highest BCUT2D eigenvalue weighted by atomic mass is 16.5. The third-order valence-electron chi connectivity index (χ3n) is 4.74. The maximum atomic E-state index is 12.6. The Morgan fingerprint density at radius 3 is 2.50 bits per heavy atom. The molecule has 6 nitrogen and oxygen atoms in total. The Bertz CT molecular complexity index is 824. The van der Waals surface area contributed by atoms with Crippen molar-refractivity contribution in [3.63, 3.8) is 0 Å². The van der Waals surface area contributed by atoms with E-state index in [9.17, 15) is 4.79 Å². The highest BCUT2D eigenvalue weighted by molar-refractivity contribution is 5.91. The number of likely N-dealkylation sites (N-methyl/N-ethyl adjacent to an activating group) is 1. The Morgan fingerprint density at radius 2 is 1.85 bits per heavy atom. The normalized spacial score (nSPS) is 12.5. The molecule has 0 saturated carbocycles. The fourth-order valence-electron chi connectivity index (χ4n) is 3.40. The lowest BCUT2D eigenvalue weighted by molar-refractivity contribution is 0.0468. The van der Waals surface area contributed by atoms with Gasteiger partial charge in [0.15, 0.2) is 11.5 Å². The minimum Gasteiger partial charge on any atom is -0.493 e. The quantitative estimate of drug-likeness (QED) is 0.743. The van der Waals surface area contributed by atoms with Crippen LogP contribution in [0, 0.1) is 6.92 Å². The van der Waals surface area contributed by atoms with E-state index in [2.05, 4.69) is 4.57 Å². The fraction of sp³-hybridized carbons (Fsp3) is 0.450. The van der Waals surface area contributed by atoms with E-state index in [4.69, 9.17) is 14.2 Å². The van der Waals surface area contributed by atoms with Gasteiger partial charge in [-0.15, -0.1) is 0 Å². The van der Waals surface area contributed by atoms with E-state index in [1.54, 1.807) is 14.2 Å². The molecule has 0 bridgehead atoms. The topological polar surface area (TPSA) is 52.9 Å². The molecule has 0 saturated heterocycles. The van der Waals surface area contributed by atoms with Gasteiger partial charge in [-0.3, -0.25) is 0 Å². The summed E-state index contributed by atoms with van der Waals surface area (Å²) in [5, 5.41) is 0. The third-order valence-corrected chi connectivity index (χ3v) is 4.74. The summed E-state index contributed by atoms with van der Waals surface area (Å²) in [6.45, 7) is 3.78. The number of hydrogen-bond donors (Lipinski definition) is 0. The van der Waals surface area contributed by atoms with Crippen LogP contribution in [0.2, 0.25) is 0 Å². The number of fused-ring (bicyclic) bond motifs is 3. The van der Waals surface area contributed by atoms with Crippen LogP contribution < -0.4 is 9.47 Å². The van der Waals surface area contributed by atoms with E-state index in [1.165, 1.54) is 5.56 Å². The maximum absolute atomic E-state index is 12.6. The molecular formula is C20H26N2O4. The summed E-state index contributed by atoms with van der Waals surface area (Å²) in [4.78, 5) is 14.6. The van der Waals surface area contributed by atoms with Gasteiger partial charge in [0.2, 0.25) is 0 Å². The molecule has 0 fully saturated rings. The molecule has 0 aliphatic carbocycles. The molecule has 0 spiro atoms. The molecule has 1 aliphatic heterocycles. The van der Waals surface area contributed by atoms with Crippen LogP contribution in [-0.2, 0) is 17.7 Å². The van der Waals surface area contributed by atoms with Crippen LogP contribution in [0.4, 0.5) is 0 Å². The summed E-state index contributed by atoms with van der Waals surface area (Å²) in [5.41, 5.74) is 4.85. The van der Waals surface area contributed by atoms with Gasteiger partial charge in [-0.2, -0.15) is 0 Å². The van der Waals surface area contributed by atoms with Crippen LogP contribution in [-0.4, -0.2) is 56.9 Å². The van der Waals surface area contributed by atoms with Crippen molar-refractivity contribution in [3.8, 4) is 22.8 Å². The smallest absolute Gasteiger partial charge is 0.355 e. The summed E-state index contributed by atoms with van der Waals surface area (Å²) in [6.07, 6.45) is 0.828. The van der Waals surface area contributed by atoms with E-state index < -0.39 is 0 Å². The largest absolute Gasteiger partial charge is 0.493 e. The third kappa shape index (κ3) is 3.29. The van der Waals surface area contributed by atoms with Crippen molar-refractivity contribution in [3.05, 3.63) is 35.0 Å². The molecule has 2 heterocycles. The average molecular weight is 358 g/mol. The molecule has 0 unspecified atom stereocenters. The minimum atomic E-state index is -0.264. The summed E-state index contributed by atoms with van der Waals surface area (Å²) in [6, 6.07) is 6.06. The first-order valence-corrected chi connectivity index (χ1v) is 8.73. The lowest BCUT2D eigenvalue weighted by Gasteiger charge is -2.23. The van der Waals surface area contributed by atoms with Crippen LogP contribution in [0.1, 0.15) is 21.6 Å². The van der Waals surface area contributed by atoms with Crippen LogP contribution in [0.15, 0.2) is 18.2 Å². The van der Waals surface area contributed by atoms with E-state index in [0.29, 0.717) is 24.6 Å². The molecular weight excluding hydrogens is 332 g/mol. The predicted octanol–water partition coefficient (Wildman–Crippen LogP) is 2.76. The molecule has 3 rings (SSSR count). The van der Waals surface area contributed by atoms with Gasteiger partial charge in [0.25, 0.3) is 0 Å². The zero-order valence-corrected chi connectivity index (χ0v) is 16.1. The average Bonchev–Trinajstić information content (AvgIpc) is 2.96. The van der Waals surface area contributed by atoms with Gasteiger partial charge in [0, 0.05) is 24.3 Å². The lowest BCUT2D eigenvalue weighted by Crippen LogP contribution is -2.23. The number of nitrogens with zero attached hydrogens (tertiary/aromatic N) is 2. The monoisotopic (exact) mass is 358 g/mol. The molecule has 1 aromatic carbocycles. The number of methoxy groups -OCH3 is 2. The van der Waals surface area contributed by atoms with Crippen LogP contribution in [0.5, 0.6) is 11.5 Å². The van der Waals surface area contributed by atoms with Gasteiger partial charge in [-0.05, 0) is 56.8 Å². The van der Waals surface area contributed by atoms with Crippen LogP contribution in [0.25, 0.3) is 11.3 Å². The number of aromatic nitrogens is 1. The van der Waals surface area contributed by atoms with Crippen molar-refractivity contribution in [2.45, 2.75) is 19.9 Å². The molecule has 6 heteroatoms. The molecule has 140 valence electrons. The van der Waals surface area contributed by atoms with Gasteiger partial charge in [0.05, 0.1) is 14.2 Å². The van der Waals surface area contributed by atoms with E-state index >= 15 is 0 Å². The Balaban J connectivity index is 1.96. The number of carbonyl (C=O) groups excluding carboxylic acids is 1. The van der Waals surface area contributed by atoms with Crippen LogP contribution in [0.3, 0.4) is 0 Å². The number of esters is 1. The number of rotatable bonds is 6. The lowest BCUT2D eigenvalue weighted by atomic mass is 9.97. The molecule has 0 amide bonds. The Kier molecular flexibility index (Phi) is 5.23. The van der Waals surface area contributed by atoms with Crippen molar-refractivity contribution < 1.29 is 19.0 Å². The van der Waals surface area contributed by atoms with Crippen molar-refractivity contribution in [2.24, 2.45) is 0 Å². The van der Waals surface area contributed by atoms with E-state index in [0.717, 1.165) is 35.5 Å². The van der Waals surface area contributed by atoms with Crippen molar-refractivity contribution in [2.75, 3.05) is 41.5 Å². The van der Waals surface area contributed by atoms with Crippen LogP contribution >= 0.6 is 0 Å². The van der Waals surface area contributed by atoms with Gasteiger partial charge in [-0.25, -0.2) is 4.79 Å². The van der Waals surface area contributed by atoms with Gasteiger partial charge < -0.3 is 23.7 Å². The highest BCUT2D eigenvalue weighted by Crippen LogP contribution is 2.40. The summed E-state index contributed by atoms with van der Waals surface area (Å²) in [5.74, 6) is 1.15. The van der Waals surface area contributed by atoms with Crippen molar-refractivity contribution in [1.29, 1.82) is 0 Å². The Hall–Kier alpha value is -2.47. The maximum Gasteiger partial charge on any atom is 0.355 e. The predicted molar refractivity (Wildman–Crippen MR) is 100 cm³/mol. The molecule has 0 N–H and O–H groups in total. The Morgan fingerprint density at radius 1 is 1.15 bits per heavy atom. The number of carbonyl (C=O) groups is 1. The van der Waals surface area contributed by atoms with Crippen molar-refractivity contribution in [1.82, 2.24) is 9.47 Å². The standard InChI is InChI=1S/C20H26N2O4/c1-13-10-16-15-12-18(25-5)17(24-4)11-14(15)6-7-22(16)19(13)20(23)26-9-8-21(2)3/h10-12H,6-9H2,1-5H3.